The number of ether oxygens (including phenoxy) is 1. The zero-order valence-corrected chi connectivity index (χ0v) is 14.0. The van der Waals surface area contributed by atoms with Crippen molar-refractivity contribution in [2.75, 3.05) is 26.2 Å². The number of aliphatic hydroxyl groups is 1. The quantitative estimate of drug-likeness (QED) is 0.815. The number of aliphatic imine (C=N–C) groups is 1. The summed E-state index contributed by atoms with van der Waals surface area (Å²) >= 11 is 0. The van der Waals surface area contributed by atoms with E-state index in [0.29, 0.717) is 25.6 Å². The molecule has 0 aromatic rings. The van der Waals surface area contributed by atoms with Crippen molar-refractivity contribution < 1.29 is 14.6 Å². The molecule has 1 heterocycles. The van der Waals surface area contributed by atoms with Gasteiger partial charge in [0, 0.05) is 13.1 Å². The highest BCUT2D eigenvalue weighted by atomic mass is 16.6. The van der Waals surface area contributed by atoms with Crippen LogP contribution < -0.4 is 5.32 Å². The van der Waals surface area contributed by atoms with Crippen LogP contribution in [-0.2, 0) is 4.74 Å². The lowest BCUT2D eigenvalue weighted by molar-refractivity contribution is 0.0276. The largest absolute Gasteiger partial charge is 0.444 e. The Morgan fingerprint density at radius 1 is 1.36 bits per heavy atom. The Bertz CT molecular complexity index is 409. The van der Waals surface area contributed by atoms with Crippen molar-refractivity contribution in [2.24, 2.45) is 10.9 Å². The average Bonchev–Trinajstić information content (AvgIpc) is 2.45. The third kappa shape index (κ3) is 5.48. The SMILES string of the molecule is CC(C)(C)OC(=O)N1CCN=C(NCC2CCC(O)CC2)C1. The Morgan fingerprint density at radius 3 is 2.68 bits per heavy atom. The van der Waals surface area contributed by atoms with Crippen LogP contribution in [0.4, 0.5) is 4.79 Å². The smallest absolute Gasteiger partial charge is 0.410 e. The van der Waals surface area contributed by atoms with Crippen LogP contribution in [0, 0.1) is 5.92 Å². The number of hydrogen-bond donors (Lipinski definition) is 2. The fourth-order valence-electron chi connectivity index (χ4n) is 2.82. The third-order valence-electron chi connectivity index (χ3n) is 4.08. The number of carbonyl (C=O) groups excluding carboxylic acids is 1. The highest BCUT2D eigenvalue weighted by Crippen LogP contribution is 2.23. The van der Waals surface area contributed by atoms with Gasteiger partial charge < -0.3 is 15.2 Å². The lowest BCUT2D eigenvalue weighted by Gasteiger charge is -2.31. The summed E-state index contributed by atoms with van der Waals surface area (Å²) in [5, 5.41) is 12.9. The molecule has 1 aliphatic heterocycles. The first-order valence-electron chi connectivity index (χ1n) is 8.26. The standard InChI is InChI=1S/C16H29N3O3/c1-16(2,3)22-15(21)19-9-8-17-14(11-19)18-10-12-4-6-13(20)7-5-12/h12-13,20H,4-11H2,1-3H3,(H,17,18). The molecule has 1 aliphatic carbocycles. The van der Waals surface area contributed by atoms with Gasteiger partial charge >= 0.3 is 6.09 Å². The van der Waals surface area contributed by atoms with Crippen molar-refractivity contribution in [1.29, 1.82) is 0 Å². The second-order valence-electron chi connectivity index (χ2n) is 7.29. The van der Waals surface area contributed by atoms with Gasteiger partial charge in [0.2, 0.25) is 0 Å². The summed E-state index contributed by atoms with van der Waals surface area (Å²) in [6.45, 7) is 8.21. The molecular weight excluding hydrogens is 282 g/mol. The van der Waals surface area contributed by atoms with Gasteiger partial charge in [-0.25, -0.2) is 4.79 Å². The lowest BCUT2D eigenvalue weighted by atomic mass is 9.87. The first-order chi connectivity index (χ1) is 10.3. The summed E-state index contributed by atoms with van der Waals surface area (Å²) < 4.78 is 5.41. The molecule has 1 amide bonds. The molecular formula is C16H29N3O3. The number of hydrogen-bond acceptors (Lipinski definition) is 5. The molecule has 2 rings (SSSR count). The van der Waals surface area contributed by atoms with Crippen molar-refractivity contribution in [3.8, 4) is 0 Å². The summed E-state index contributed by atoms with van der Waals surface area (Å²) in [7, 11) is 0. The van der Waals surface area contributed by atoms with E-state index in [-0.39, 0.29) is 12.2 Å². The molecule has 0 saturated heterocycles. The molecule has 6 heteroatoms. The highest BCUT2D eigenvalue weighted by Gasteiger charge is 2.25. The number of aliphatic hydroxyl groups excluding tert-OH is 1. The van der Waals surface area contributed by atoms with Crippen LogP contribution in [-0.4, -0.2) is 59.8 Å². The molecule has 126 valence electrons. The van der Waals surface area contributed by atoms with Crippen LogP contribution in [0.15, 0.2) is 4.99 Å². The lowest BCUT2D eigenvalue weighted by Crippen LogP contribution is -2.48. The van der Waals surface area contributed by atoms with Crippen molar-refractivity contribution in [2.45, 2.75) is 58.2 Å². The van der Waals surface area contributed by atoms with Crippen LogP contribution in [0.2, 0.25) is 0 Å². The van der Waals surface area contributed by atoms with E-state index in [1.54, 1.807) is 4.90 Å². The van der Waals surface area contributed by atoms with E-state index in [0.717, 1.165) is 38.1 Å². The number of carbonyl (C=O) groups is 1. The van der Waals surface area contributed by atoms with E-state index in [1.807, 2.05) is 20.8 Å². The Labute approximate surface area is 132 Å². The average molecular weight is 311 g/mol. The second-order valence-corrected chi connectivity index (χ2v) is 7.29. The Hall–Kier alpha value is -1.30. The molecule has 0 atom stereocenters. The van der Waals surface area contributed by atoms with Gasteiger partial charge in [0.25, 0.3) is 0 Å². The Morgan fingerprint density at radius 2 is 2.05 bits per heavy atom. The van der Waals surface area contributed by atoms with Crippen molar-refractivity contribution >= 4 is 11.9 Å². The number of amides is 1. The van der Waals surface area contributed by atoms with E-state index >= 15 is 0 Å². The number of amidine groups is 1. The van der Waals surface area contributed by atoms with Gasteiger partial charge in [0.1, 0.15) is 11.4 Å². The molecule has 0 bridgehead atoms. The predicted octanol–water partition coefficient (Wildman–Crippen LogP) is 1.78. The number of rotatable bonds is 2. The maximum Gasteiger partial charge on any atom is 0.410 e. The molecule has 2 aliphatic rings. The molecule has 22 heavy (non-hydrogen) atoms. The predicted molar refractivity (Wildman–Crippen MR) is 86.1 cm³/mol. The van der Waals surface area contributed by atoms with Gasteiger partial charge in [-0.1, -0.05) is 0 Å². The zero-order chi connectivity index (χ0) is 16.2. The van der Waals surface area contributed by atoms with Crippen molar-refractivity contribution in [1.82, 2.24) is 10.2 Å². The summed E-state index contributed by atoms with van der Waals surface area (Å²) in [6, 6.07) is 0. The Balaban J connectivity index is 1.76. The topological polar surface area (TPSA) is 74.2 Å². The molecule has 0 aromatic carbocycles. The summed E-state index contributed by atoms with van der Waals surface area (Å²) in [5.41, 5.74) is -0.470. The van der Waals surface area contributed by atoms with Gasteiger partial charge in [0.15, 0.2) is 0 Å². The maximum atomic E-state index is 12.1. The highest BCUT2D eigenvalue weighted by molar-refractivity contribution is 5.87. The Kier molecular flexibility index (Phi) is 5.67. The van der Waals surface area contributed by atoms with Gasteiger partial charge in [-0.2, -0.15) is 0 Å². The molecule has 2 N–H and O–H groups in total. The molecule has 1 fully saturated rings. The molecule has 0 spiro atoms. The van der Waals surface area contributed by atoms with E-state index in [9.17, 15) is 9.90 Å². The zero-order valence-electron chi connectivity index (χ0n) is 14.0. The minimum atomic E-state index is -0.470. The third-order valence-corrected chi connectivity index (χ3v) is 4.08. The molecule has 0 radical (unpaired) electrons. The summed E-state index contributed by atoms with van der Waals surface area (Å²) in [5.74, 6) is 1.45. The van der Waals surface area contributed by atoms with E-state index in [1.165, 1.54) is 0 Å². The minimum Gasteiger partial charge on any atom is -0.444 e. The van der Waals surface area contributed by atoms with Gasteiger partial charge in [-0.15, -0.1) is 0 Å². The summed E-state index contributed by atoms with van der Waals surface area (Å²) in [6.07, 6.45) is 3.49. The van der Waals surface area contributed by atoms with Crippen molar-refractivity contribution in [3.05, 3.63) is 0 Å². The number of nitrogens with zero attached hydrogens (tertiary/aromatic N) is 2. The molecule has 0 unspecified atom stereocenters. The minimum absolute atomic E-state index is 0.120. The van der Waals surface area contributed by atoms with Crippen molar-refractivity contribution in [3.63, 3.8) is 0 Å². The van der Waals surface area contributed by atoms with E-state index in [2.05, 4.69) is 10.3 Å². The maximum absolute atomic E-state index is 12.1. The van der Waals surface area contributed by atoms with Gasteiger partial charge in [-0.3, -0.25) is 9.89 Å². The monoisotopic (exact) mass is 311 g/mol. The first-order valence-corrected chi connectivity index (χ1v) is 8.26. The fourth-order valence-corrected chi connectivity index (χ4v) is 2.82. The normalized spacial score (nSPS) is 26.4. The molecule has 0 aromatic heterocycles. The fraction of sp³-hybridized carbons (Fsp3) is 0.875. The van der Waals surface area contributed by atoms with Gasteiger partial charge in [-0.05, 0) is 52.4 Å². The van der Waals surface area contributed by atoms with Crippen LogP contribution in [0.1, 0.15) is 46.5 Å². The van der Waals surface area contributed by atoms with Crippen LogP contribution >= 0.6 is 0 Å². The van der Waals surface area contributed by atoms with Crippen LogP contribution in [0.25, 0.3) is 0 Å². The van der Waals surface area contributed by atoms with Crippen LogP contribution in [0.5, 0.6) is 0 Å². The van der Waals surface area contributed by atoms with Crippen LogP contribution in [0.3, 0.4) is 0 Å². The van der Waals surface area contributed by atoms with E-state index in [4.69, 9.17) is 4.74 Å². The molecule has 6 nitrogen and oxygen atoms in total. The molecule has 1 saturated carbocycles. The van der Waals surface area contributed by atoms with Gasteiger partial charge in [0.05, 0.1) is 19.2 Å². The number of nitrogens with one attached hydrogen (secondary N) is 1. The first kappa shape index (κ1) is 17.1. The second kappa shape index (κ2) is 7.31. The van der Waals surface area contributed by atoms with E-state index < -0.39 is 5.60 Å². The summed E-state index contributed by atoms with van der Waals surface area (Å²) in [4.78, 5) is 18.3.